The van der Waals surface area contributed by atoms with E-state index in [2.05, 4.69) is 15.3 Å². The van der Waals surface area contributed by atoms with Crippen LogP contribution in [0.4, 0.5) is 0 Å². The molecule has 1 aromatic heterocycles. The molecule has 0 aromatic carbocycles. The first-order chi connectivity index (χ1) is 8.54. The number of aromatic nitrogens is 2. The molecule has 1 atom stereocenters. The number of nitrogens with zero attached hydrogens (tertiary/aromatic N) is 3. The molecular formula is C12H19ClN4O. The highest BCUT2D eigenvalue weighted by molar-refractivity contribution is 6.30. The van der Waals surface area contributed by atoms with Crippen LogP contribution < -0.4 is 5.32 Å². The number of carbonyl (C=O) groups excluding carboxylic acids is 1. The molecule has 0 radical (unpaired) electrons. The highest BCUT2D eigenvalue weighted by atomic mass is 35.5. The second kappa shape index (κ2) is 5.28. The van der Waals surface area contributed by atoms with Crippen LogP contribution in [0.3, 0.4) is 0 Å². The van der Waals surface area contributed by atoms with Crippen molar-refractivity contribution in [2.24, 2.45) is 7.05 Å². The highest BCUT2D eigenvalue weighted by Crippen LogP contribution is 2.22. The SMILES string of the molecule is CCC1C(=O)NCCN1Cc1c(C)nn(C)c1Cl. The lowest BCUT2D eigenvalue weighted by Gasteiger charge is -2.34. The van der Waals surface area contributed by atoms with E-state index < -0.39 is 0 Å². The minimum atomic E-state index is -0.0607. The zero-order chi connectivity index (χ0) is 13.3. The summed E-state index contributed by atoms with van der Waals surface area (Å²) in [4.78, 5) is 14.0. The fraction of sp³-hybridized carbons (Fsp3) is 0.667. The van der Waals surface area contributed by atoms with Gasteiger partial charge in [0.05, 0.1) is 11.7 Å². The summed E-state index contributed by atoms with van der Waals surface area (Å²) < 4.78 is 1.68. The van der Waals surface area contributed by atoms with E-state index in [0.29, 0.717) is 18.2 Å². The first kappa shape index (κ1) is 13.4. The molecule has 6 heteroatoms. The number of carbonyl (C=O) groups is 1. The zero-order valence-electron chi connectivity index (χ0n) is 11.0. The molecular weight excluding hydrogens is 252 g/mol. The van der Waals surface area contributed by atoms with Crippen molar-refractivity contribution in [3.05, 3.63) is 16.4 Å². The first-order valence-corrected chi connectivity index (χ1v) is 6.62. The Balaban J connectivity index is 2.19. The molecule has 2 rings (SSSR count). The standard InChI is InChI=1S/C12H19ClN4O/c1-4-10-12(18)14-5-6-17(10)7-9-8(2)15-16(3)11(9)13/h10H,4-7H2,1-3H3,(H,14,18). The van der Waals surface area contributed by atoms with Crippen LogP contribution in [0, 0.1) is 6.92 Å². The van der Waals surface area contributed by atoms with Gasteiger partial charge in [-0.2, -0.15) is 5.10 Å². The van der Waals surface area contributed by atoms with Crippen molar-refractivity contribution in [1.29, 1.82) is 0 Å². The summed E-state index contributed by atoms with van der Waals surface area (Å²) in [7, 11) is 1.83. The number of hydrogen-bond acceptors (Lipinski definition) is 3. The van der Waals surface area contributed by atoms with Gasteiger partial charge in [-0.1, -0.05) is 18.5 Å². The van der Waals surface area contributed by atoms with E-state index in [1.165, 1.54) is 0 Å². The Labute approximate surface area is 112 Å². The number of rotatable bonds is 3. The summed E-state index contributed by atoms with van der Waals surface area (Å²) in [6.45, 7) is 6.22. The summed E-state index contributed by atoms with van der Waals surface area (Å²) in [5.41, 5.74) is 1.95. The van der Waals surface area contributed by atoms with Gasteiger partial charge in [-0.15, -0.1) is 0 Å². The Bertz CT molecular complexity index is 457. The molecule has 1 saturated heterocycles. The molecule has 1 aliphatic rings. The Hall–Kier alpha value is -1.07. The molecule has 5 nitrogen and oxygen atoms in total. The van der Waals surface area contributed by atoms with Gasteiger partial charge in [0, 0.05) is 32.2 Å². The fourth-order valence-electron chi connectivity index (χ4n) is 2.45. The Kier molecular flexibility index (Phi) is 3.92. The van der Waals surface area contributed by atoms with Gasteiger partial charge in [0.1, 0.15) is 5.15 Å². The molecule has 1 N–H and O–H groups in total. The van der Waals surface area contributed by atoms with Gasteiger partial charge in [-0.05, 0) is 13.3 Å². The van der Waals surface area contributed by atoms with Gasteiger partial charge < -0.3 is 5.32 Å². The first-order valence-electron chi connectivity index (χ1n) is 6.24. The quantitative estimate of drug-likeness (QED) is 0.895. The number of amides is 1. The Morgan fingerprint density at radius 1 is 1.56 bits per heavy atom. The van der Waals surface area contributed by atoms with Gasteiger partial charge in [0.25, 0.3) is 0 Å². The van der Waals surface area contributed by atoms with Crippen molar-refractivity contribution in [1.82, 2.24) is 20.0 Å². The lowest BCUT2D eigenvalue weighted by molar-refractivity contribution is -0.129. The normalized spacial score (nSPS) is 21.1. The molecule has 100 valence electrons. The molecule has 0 spiro atoms. The largest absolute Gasteiger partial charge is 0.353 e. The predicted molar refractivity (Wildman–Crippen MR) is 70.5 cm³/mol. The van der Waals surface area contributed by atoms with Crippen LogP contribution in [-0.4, -0.2) is 39.7 Å². The molecule has 18 heavy (non-hydrogen) atoms. The lowest BCUT2D eigenvalue weighted by Crippen LogP contribution is -2.54. The van der Waals surface area contributed by atoms with E-state index in [9.17, 15) is 4.79 Å². The van der Waals surface area contributed by atoms with Crippen LogP contribution in [0.2, 0.25) is 5.15 Å². The average Bonchev–Trinajstić information content (AvgIpc) is 2.56. The minimum Gasteiger partial charge on any atom is -0.353 e. The van der Waals surface area contributed by atoms with Crippen molar-refractivity contribution in [3.8, 4) is 0 Å². The number of aryl methyl sites for hydroxylation is 2. The molecule has 1 aliphatic heterocycles. The van der Waals surface area contributed by atoms with Crippen LogP contribution >= 0.6 is 11.6 Å². The maximum atomic E-state index is 11.8. The summed E-state index contributed by atoms with van der Waals surface area (Å²) in [6.07, 6.45) is 0.808. The molecule has 2 heterocycles. The van der Waals surface area contributed by atoms with E-state index in [4.69, 9.17) is 11.6 Å². The monoisotopic (exact) mass is 270 g/mol. The summed E-state index contributed by atoms with van der Waals surface area (Å²) in [6, 6.07) is -0.0607. The molecule has 0 aliphatic carbocycles. The molecule has 1 fully saturated rings. The van der Waals surface area contributed by atoms with E-state index in [0.717, 1.165) is 24.2 Å². The fourth-order valence-corrected chi connectivity index (χ4v) is 2.69. The van der Waals surface area contributed by atoms with Crippen LogP contribution in [-0.2, 0) is 18.4 Å². The number of piperazine rings is 1. The second-order valence-corrected chi connectivity index (χ2v) is 5.02. The van der Waals surface area contributed by atoms with Gasteiger partial charge in [-0.25, -0.2) is 0 Å². The van der Waals surface area contributed by atoms with Crippen molar-refractivity contribution < 1.29 is 4.79 Å². The van der Waals surface area contributed by atoms with E-state index >= 15 is 0 Å². The zero-order valence-corrected chi connectivity index (χ0v) is 11.8. The van der Waals surface area contributed by atoms with Crippen LogP contribution in [0.15, 0.2) is 0 Å². The summed E-state index contributed by atoms with van der Waals surface area (Å²) in [5.74, 6) is 0.112. The third-order valence-corrected chi connectivity index (χ3v) is 3.93. The summed E-state index contributed by atoms with van der Waals surface area (Å²) >= 11 is 6.23. The topological polar surface area (TPSA) is 50.2 Å². The van der Waals surface area contributed by atoms with Crippen molar-refractivity contribution in [2.75, 3.05) is 13.1 Å². The smallest absolute Gasteiger partial charge is 0.237 e. The lowest BCUT2D eigenvalue weighted by atomic mass is 10.1. The predicted octanol–water partition coefficient (Wildman–Crippen LogP) is 1.09. The average molecular weight is 271 g/mol. The number of nitrogens with one attached hydrogen (secondary N) is 1. The van der Waals surface area contributed by atoms with Gasteiger partial charge in [0.2, 0.25) is 5.91 Å². The van der Waals surface area contributed by atoms with Crippen LogP contribution in [0.1, 0.15) is 24.6 Å². The third-order valence-electron chi connectivity index (χ3n) is 3.46. The van der Waals surface area contributed by atoms with Gasteiger partial charge >= 0.3 is 0 Å². The summed E-state index contributed by atoms with van der Waals surface area (Å²) in [5, 5.41) is 7.86. The third kappa shape index (κ3) is 2.37. The van der Waals surface area contributed by atoms with E-state index in [-0.39, 0.29) is 11.9 Å². The number of halogens is 1. The minimum absolute atomic E-state index is 0.0607. The molecule has 1 aromatic rings. The maximum absolute atomic E-state index is 11.8. The van der Waals surface area contributed by atoms with Gasteiger partial charge in [0.15, 0.2) is 0 Å². The number of hydrogen-bond donors (Lipinski definition) is 1. The van der Waals surface area contributed by atoms with E-state index in [1.807, 2.05) is 20.9 Å². The Morgan fingerprint density at radius 3 is 2.83 bits per heavy atom. The van der Waals surface area contributed by atoms with E-state index in [1.54, 1.807) is 4.68 Å². The Morgan fingerprint density at radius 2 is 2.28 bits per heavy atom. The van der Waals surface area contributed by atoms with Gasteiger partial charge in [-0.3, -0.25) is 14.4 Å². The van der Waals surface area contributed by atoms with Crippen LogP contribution in [0.5, 0.6) is 0 Å². The maximum Gasteiger partial charge on any atom is 0.237 e. The molecule has 0 bridgehead atoms. The molecule has 1 amide bonds. The van der Waals surface area contributed by atoms with Crippen molar-refractivity contribution in [3.63, 3.8) is 0 Å². The molecule has 1 unspecified atom stereocenters. The second-order valence-electron chi connectivity index (χ2n) is 4.66. The van der Waals surface area contributed by atoms with Crippen molar-refractivity contribution in [2.45, 2.75) is 32.9 Å². The highest BCUT2D eigenvalue weighted by Gasteiger charge is 2.29. The van der Waals surface area contributed by atoms with Crippen molar-refractivity contribution >= 4 is 17.5 Å². The molecule has 0 saturated carbocycles. The van der Waals surface area contributed by atoms with Crippen LogP contribution in [0.25, 0.3) is 0 Å².